The van der Waals surface area contributed by atoms with Crippen LogP contribution in [0.5, 0.6) is 0 Å². The molecular formula is C10H14N4O3. The molecule has 0 bridgehead atoms. The van der Waals surface area contributed by atoms with Crippen molar-refractivity contribution < 1.29 is 9.72 Å². The third kappa shape index (κ3) is 2.13. The van der Waals surface area contributed by atoms with Gasteiger partial charge in [0.15, 0.2) is 0 Å². The Labute approximate surface area is 97.7 Å². The molecule has 1 fully saturated rings. The van der Waals surface area contributed by atoms with E-state index in [0.29, 0.717) is 24.6 Å². The number of carbonyl (C=O) groups excluding carboxylic acids is 1. The molecule has 2 N–H and O–H groups in total. The summed E-state index contributed by atoms with van der Waals surface area (Å²) in [6.07, 6.45) is 2.69. The molecule has 0 spiro atoms. The molecular weight excluding hydrogens is 224 g/mol. The minimum Gasteiger partial charge on any atom is -0.364 e. The number of amides is 1. The predicted octanol–water partition coefficient (Wildman–Crippen LogP) is 0.863. The topological polar surface area (TPSA) is 104 Å². The van der Waals surface area contributed by atoms with E-state index in [1.54, 1.807) is 11.6 Å². The fraction of sp³-hybridized carbons (Fsp3) is 0.600. The van der Waals surface area contributed by atoms with Crippen molar-refractivity contribution in [2.75, 3.05) is 0 Å². The van der Waals surface area contributed by atoms with Crippen LogP contribution in [-0.2, 0) is 13.0 Å². The summed E-state index contributed by atoms with van der Waals surface area (Å²) in [5.41, 5.74) is 5.13. The normalized spacial score (nSPS) is 14.9. The number of nitro groups is 1. The van der Waals surface area contributed by atoms with Crippen molar-refractivity contribution >= 4 is 11.6 Å². The lowest BCUT2D eigenvalue weighted by molar-refractivity contribution is -0.385. The van der Waals surface area contributed by atoms with Gasteiger partial charge in [-0.25, -0.2) is 0 Å². The number of nitrogens with two attached hydrogens (primary N) is 1. The number of aromatic nitrogens is 2. The summed E-state index contributed by atoms with van der Waals surface area (Å²) in [6, 6.07) is 0. The van der Waals surface area contributed by atoms with Crippen molar-refractivity contribution in [2.24, 2.45) is 11.7 Å². The van der Waals surface area contributed by atoms with E-state index in [-0.39, 0.29) is 11.4 Å². The Morgan fingerprint density at radius 1 is 1.65 bits per heavy atom. The quantitative estimate of drug-likeness (QED) is 0.606. The number of nitrogens with zero attached hydrogens (tertiary/aromatic N) is 3. The van der Waals surface area contributed by atoms with E-state index in [2.05, 4.69) is 5.10 Å². The minimum atomic E-state index is -0.846. The SMILES string of the molecule is CCc1c([N+](=O)[O-])c(C(N)=O)nn1CC1CC1. The molecule has 92 valence electrons. The van der Waals surface area contributed by atoms with Gasteiger partial charge in [-0.15, -0.1) is 0 Å². The van der Waals surface area contributed by atoms with Gasteiger partial charge >= 0.3 is 5.69 Å². The van der Waals surface area contributed by atoms with Gasteiger partial charge in [0.25, 0.3) is 5.91 Å². The monoisotopic (exact) mass is 238 g/mol. The van der Waals surface area contributed by atoms with Gasteiger partial charge in [0.05, 0.1) is 4.92 Å². The highest BCUT2D eigenvalue weighted by Gasteiger charge is 2.32. The molecule has 1 saturated carbocycles. The molecule has 1 heterocycles. The summed E-state index contributed by atoms with van der Waals surface area (Å²) in [5.74, 6) is -0.318. The Bertz CT molecular complexity index is 476. The molecule has 1 aromatic heterocycles. The van der Waals surface area contributed by atoms with Gasteiger partial charge in [-0.1, -0.05) is 6.92 Å². The first-order valence-corrected chi connectivity index (χ1v) is 5.58. The molecule has 1 aromatic rings. The van der Waals surface area contributed by atoms with Crippen molar-refractivity contribution in [3.05, 3.63) is 21.5 Å². The van der Waals surface area contributed by atoms with Gasteiger partial charge in [-0.2, -0.15) is 5.10 Å². The average molecular weight is 238 g/mol. The molecule has 0 atom stereocenters. The second kappa shape index (κ2) is 4.15. The highest BCUT2D eigenvalue weighted by Crippen LogP contribution is 2.33. The number of hydrogen-bond donors (Lipinski definition) is 1. The zero-order chi connectivity index (χ0) is 12.6. The predicted molar refractivity (Wildman–Crippen MR) is 59.5 cm³/mol. The van der Waals surface area contributed by atoms with Crippen LogP contribution in [0.1, 0.15) is 35.9 Å². The number of rotatable bonds is 5. The fourth-order valence-electron chi connectivity index (χ4n) is 1.89. The standard InChI is InChI=1S/C10H14N4O3/c1-2-7-9(14(16)17)8(10(11)15)12-13(7)5-6-3-4-6/h6H,2-5H2,1H3,(H2,11,15). The zero-order valence-corrected chi connectivity index (χ0v) is 9.55. The molecule has 7 nitrogen and oxygen atoms in total. The van der Waals surface area contributed by atoms with Crippen LogP contribution >= 0.6 is 0 Å². The average Bonchev–Trinajstić information content (AvgIpc) is 2.96. The summed E-state index contributed by atoms with van der Waals surface area (Å²) < 4.78 is 1.57. The maximum atomic E-state index is 11.2. The van der Waals surface area contributed by atoms with Crippen molar-refractivity contribution in [1.82, 2.24) is 9.78 Å². The largest absolute Gasteiger partial charge is 0.364 e. The van der Waals surface area contributed by atoms with Gasteiger partial charge in [-0.3, -0.25) is 19.6 Å². The first kappa shape index (κ1) is 11.6. The second-order valence-electron chi connectivity index (χ2n) is 4.24. The summed E-state index contributed by atoms with van der Waals surface area (Å²) in [4.78, 5) is 21.5. The third-order valence-corrected chi connectivity index (χ3v) is 2.91. The lowest BCUT2D eigenvalue weighted by Crippen LogP contribution is -2.14. The second-order valence-corrected chi connectivity index (χ2v) is 4.24. The molecule has 17 heavy (non-hydrogen) atoms. The van der Waals surface area contributed by atoms with Gasteiger partial charge < -0.3 is 5.73 Å². The van der Waals surface area contributed by atoms with Crippen molar-refractivity contribution in [3.63, 3.8) is 0 Å². The van der Waals surface area contributed by atoms with E-state index >= 15 is 0 Å². The van der Waals surface area contributed by atoms with E-state index in [1.807, 2.05) is 0 Å². The maximum Gasteiger partial charge on any atom is 0.323 e. The van der Waals surface area contributed by atoms with Gasteiger partial charge in [0, 0.05) is 6.54 Å². The Morgan fingerprint density at radius 3 is 2.71 bits per heavy atom. The van der Waals surface area contributed by atoms with Crippen LogP contribution < -0.4 is 5.73 Å². The van der Waals surface area contributed by atoms with Crippen molar-refractivity contribution in [2.45, 2.75) is 32.7 Å². The molecule has 0 unspecified atom stereocenters. The highest BCUT2D eigenvalue weighted by molar-refractivity contribution is 5.95. The Kier molecular flexibility index (Phi) is 2.83. The number of primary amides is 1. The van der Waals surface area contributed by atoms with Crippen molar-refractivity contribution in [1.29, 1.82) is 0 Å². The number of hydrogen-bond acceptors (Lipinski definition) is 4. The molecule has 7 heteroatoms. The van der Waals surface area contributed by atoms with E-state index in [0.717, 1.165) is 12.8 Å². The van der Waals surface area contributed by atoms with Crippen LogP contribution in [0.4, 0.5) is 5.69 Å². The first-order chi connectivity index (χ1) is 8.04. The molecule has 0 radical (unpaired) electrons. The van der Waals surface area contributed by atoms with Gasteiger partial charge in [-0.05, 0) is 25.2 Å². The van der Waals surface area contributed by atoms with Crippen LogP contribution in [0.15, 0.2) is 0 Å². The molecule has 0 saturated heterocycles. The number of carbonyl (C=O) groups is 1. The van der Waals surface area contributed by atoms with Gasteiger partial charge in [0.1, 0.15) is 5.69 Å². The summed E-state index contributed by atoms with van der Waals surface area (Å²) >= 11 is 0. The van der Waals surface area contributed by atoms with Crippen LogP contribution in [0.25, 0.3) is 0 Å². The summed E-state index contributed by atoms with van der Waals surface area (Å²) in [7, 11) is 0. The molecule has 1 amide bonds. The smallest absolute Gasteiger partial charge is 0.323 e. The van der Waals surface area contributed by atoms with Crippen LogP contribution in [0.3, 0.4) is 0 Å². The molecule has 0 aromatic carbocycles. The van der Waals surface area contributed by atoms with E-state index in [4.69, 9.17) is 5.73 Å². The lowest BCUT2D eigenvalue weighted by Gasteiger charge is -2.02. The Balaban J connectivity index is 2.47. The van der Waals surface area contributed by atoms with Crippen LogP contribution in [0.2, 0.25) is 0 Å². The summed E-state index contributed by atoms with van der Waals surface area (Å²) in [6.45, 7) is 2.44. The van der Waals surface area contributed by atoms with Crippen molar-refractivity contribution in [3.8, 4) is 0 Å². The van der Waals surface area contributed by atoms with Crippen LogP contribution in [-0.4, -0.2) is 20.6 Å². The Hall–Kier alpha value is -1.92. The summed E-state index contributed by atoms with van der Waals surface area (Å²) in [5, 5.41) is 14.9. The van der Waals surface area contributed by atoms with E-state index in [1.165, 1.54) is 0 Å². The fourth-order valence-corrected chi connectivity index (χ4v) is 1.89. The van der Waals surface area contributed by atoms with Gasteiger partial charge in [0.2, 0.25) is 5.69 Å². The van der Waals surface area contributed by atoms with E-state index < -0.39 is 10.8 Å². The molecule has 1 aliphatic carbocycles. The highest BCUT2D eigenvalue weighted by atomic mass is 16.6. The lowest BCUT2D eigenvalue weighted by atomic mass is 10.2. The minimum absolute atomic E-state index is 0.229. The van der Waals surface area contributed by atoms with E-state index in [9.17, 15) is 14.9 Å². The molecule has 0 aliphatic heterocycles. The third-order valence-electron chi connectivity index (χ3n) is 2.91. The zero-order valence-electron chi connectivity index (χ0n) is 9.55. The Morgan fingerprint density at radius 2 is 2.29 bits per heavy atom. The molecule has 1 aliphatic rings. The maximum absolute atomic E-state index is 11.2. The molecule has 2 rings (SSSR count). The van der Waals surface area contributed by atoms with Crippen LogP contribution in [0, 0.1) is 16.0 Å². The first-order valence-electron chi connectivity index (χ1n) is 5.58.